The molecule has 0 aliphatic rings. The van der Waals surface area contributed by atoms with Gasteiger partial charge in [0.15, 0.2) is 0 Å². The van der Waals surface area contributed by atoms with E-state index in [1.54, 1.807) is 7.11 Å². The third-order valence-corrected chi connectivity index (χ3v) is 1.59. The summed E-state index contributed by atoms with van der Waals surface area (Å²) in [6.45, 7) is 0.949. The monoisotopic (exact) mass is 203 g/mol. The molecule has 0 heterocycles. The Balaban J connectivity index is 3.31. The van der Waals surface area contributed by atoms with Crippen molar-refractivity contribution in [1.29, 1.82) is 0 Å². The standard InChI is InChI=1S/C8H17N3O3/c1-14-6-4-8(12)10-5-2-3-7(9)11-13/h13H,2-6H2,1H3,(H2,9,11)(H,10,12). The number of nitrogens with two attached hydrogens (primary N) is 1. The number of oxime groups is 1. The second kappa shape index (κ2) is 8.31. The Kier molecular flexibility index (Phi) is 7.53. The van der Waals surface area contributed by atoms with Crippen molar-refractivity contribution in [1.82, 2.24) is 5.32 Å². The SMILES string of the molecule is COCCC(=O)NCCCC(N)=NO. The molecule has 0 spiro atoms. The zero-order valence-corrected chi connectivity index (χ0v) is 8.32. The number of ether oxygens (including phenoxy) is 1. The molecule has 0 fully saturated rings. The molecule has 0 aliphatic carbocycles. The van der Waals surface area contributed by atoms with Crippen molar-refractivity contribution in [3.8, 4) is 0 Å². The molecule has 6 heteroatoms. The van der Waals surface area contributed by atoms with E-state index < -0.39 is 0 Å². The highest BCUT2D eigenvalue weighted by Gasteiger charge is 1.99. The zero-order valence-electron chi connectivity index (χ0n) is 8.32. The van der Waals surface area contributed by atoms with Crippen LogP contribution in [0.2, 0.25) is 0 Å². The Morgan fingerprint density at radius 2 is 2.29 bits per heavy atom. The average Bonchev–Trinajstić information content (AvgIpc) is 2.21. The van der Waals surface area contributed by atoms with Gasteiger partial charge in [0, 0.05) is 26.5 Å². The fourth-order valence-corrected chi connectivity index (χ4v) is 0.830. The Labute approximate surface area is 83.1 Å². The minimum atomic E-state index is -0.0497. The number of carbonyl (C=O) groups excluding carboxylic acids is 1. The van der Waals surface area contributed by atoms with Crippen molar-refractivity contribution >= 4 is 11.7 Å². The highest BCUT2D eigenvalue weighted by atomic mass is 16.5. The molecule has 1 amide bonds. The Morgan fingerprint density at radius 3 is 2.86 bits per heavy atom. The maximum absolute atomic E-state index is 11.0. The largest absolute Gasteiger partial charge is 0.409 e. The van der Waals surface area contributed by atoms with Crippen LogP contribution in [0, 0.1) is 0 Å². The molecule has 0 saturated heterocycles. The Morgan fingerprint density at radius 1 is 1.57 bits per heavy atom. The van der Waals surface area contributed by atoms with Crippen LogP contribution in [0.5, 0.6) is 0 Å². The molecule has 0 unspecified atom stereocenters. The molecule has 82 valence electrons. The van der Waals surface area contributed by atoms with Gasteiger partial charge >= 0.3 is 0 Å². The van der Waals surface area contributed by atoms with E-state index >= 15 is 0 Å². The molecule has 0 atom stereocenters. The smallest absolute Gasteiger partial charge is 0.222 e. The van der Waals surface area contributed by atoms with Gasteiger partial charge in [-0.2, -0.15) is 0 Å². The number of amides is 1. The van der Waals surface area contributed by atoms with E-state index in [9.17, 15) is 4.79 Å². The number of hydrogen-bond donors (Lipinski definition) is 3. The van der Waals surface area contributed by atoms with Crippen LogP contribution in [0.4, 0.5) is 0 Å². The van der Waals surface area contributed by atoms with Crippen molar-refractivity contribution in [3.05, 3.63) is 0 Å². The molecule has 0 aromatic carbocycles. The molecule has 0 aromatic heterocycles. The lowest BCUT2D eigenvalue weighted by Gasteiger charge is -2.03. The normalized spacial score (nSPS) is 11.4. The van der Waals surface area contributed by atoms with Gasteiger partial charge in [-0.15, -0.1) is 0 Å². The average molecular weight is 203 g/mol. The van der Waals surface area contributed by atoms with E-state index in [1.165, 1.54) is 0 Å². The molecule has 0 bridgehead atoms. The molecule has 0 radical (unpaired) electrons. The van der Waals surface area contributed by atoms with Gasteiger partial charge in [-0.3, -0.25) is 4.79 Å². The van der Waals surface area contributed by atoms with Gasteiger partial charge in [-0.1, -0.05) is 5.16 Å². The minimum Gasteiger partial charge on any atom is -0.409 e. The molecule has 0 rings (SSSR count). The number of carbonyl (C=O) groups is 1. The summed E-state index contributed by atoms with van der Waals surface area (Å²) in [5, 5.41) is 13.7. The number of amidine groups is 1. The molecular weight excluding hydrogens is 186 g/mol. The van der Waals surface area contributed by atoms with Crippen molar-refractivity contribution < 1.29 is 14.7 Å². The lowest BCUT2D eigenvalue weighted by Crippen LogP contribution is -2.26. The van der Waals surface area contributed by atoms with Crippen molar-refractivity contribution in [2.75, 3.05) is 20.3 Å². The third kappa shape index (κ3) is 7.35. The number of nitrogens with zero attached hydrogens (tertiary/aromatic N) is 1. The van der Waals surface area contributed by atoms with Gasteiger partial charge in [0.25, 0.3) is 0 Å². The van der Waals surface area contributed by atoms with E-state index in [-0.39, 0.29) is 11.7 Å². The molecule has 0 aromatic rings. The lowest BCUT2D eigenvalue weighted by atomic mass is 10.3. The first-order valence-corrected chi connectivity index (χ1v) is 4.42. The molecule has 14 heavy (non-hydrogen) atoms. The maximum Gasteiger partial charge on any atom is 0.222 e. The van der Waals surface area contributed by atoms with Gasteiger partial charge in [0.1, 0.15) is 5.84 Å². The predicted molar refractivity (Wildman–Crippen MR) is 52.1 cm³/mol. The first-order valence-electron chi connectivity index (χ1n) is 4.42. The number of methoxy groups -OCH3 is 1. The fraction of sp³-hybridized carbons (Fsp3) is 0.750. The summed E-state index contributed by atoms with van der Waals surface area (Å²) in [6.07, 6.45) is 1.50. The Hall–Kier alpha value is -1.30. The molecule has 6 nitrogen and oxygen atoms in total. The van der Waals surface area contributed by atoms with Crippen LogP contribution >= 0.6 is 0 Å². The van der Waals surface area contributed by atoms with Crippen molar-refractivity contribution in [2.24, 2.45) is 10.9 Å². The highest BCUT2D eigenvalue weighted by Crippen LogP contribution is 1.87. The zero-order chi connectivity index (χ0) is 10.8. The summed E-state index contributed by atoms with van der Waals surface area (Å²) < 4.78 is 4.74. The highest BCUT2D eigenvalue weighted by molar-refractivity contribution is 5.79. The lowest BCUT2D eigenvalue weighted by molar-refractivity contribution is -0.121. The second-order valence-corrected chi connectivity index (χ2v) is 2.79. The minimum absolute atomic E-state index is 0.0497. The second-order valence-electron chi connectivity index (χ2n) is 2.79. The van der Waals surface area contributed by atoms with Gasteiger partial charge in [0.05, 0.1) is 6.61 Å². The van der Waals surface area contributed by atoms with Crippen LogP contribution < -0.4 is 11.1 Å². The first kappa shape index (κ1) is 12.7. The molecular formula is C8H17N3O3. The quantitative estimate of drug-likeness (QED) is 0.173. The molecule has 4 N–H and O–H groups in total. The maximum atomic E-state index is 11.0. The number of nitrogens with one attached hydrogen (secondary N) is 1. The van der Waals surface area contributed by atoms with Crippen LogP contribution in [0.15, 0.2) is 5.16 Å². The van der Waals surface area contributed by atoms with E-state index in [0.29, 0.717) is 32.4 Å². The van der Waals surface area contributed by atoms with Crippen LogP contribution in [0.3, 0.4) is 0 Å². The van der Waals surface area contributed by atoms with E-state index in [1.807, 2.05) is 0 Å². The summed E-state index contributed by atoms with van der Waals surface area (Å²) in [4.78, 5) is 11.0. The van der Waals surface area contributed by atoms with Gasteiger partial charge in [-0.25, -0.2) is 0 Å². The van der Waals surface area contributed by atoms with Crippen LogP contribution in [0.1, 0.15) is 19.3 Å². The predicted octanol–water partition coefficient (Wildman–Crippen LogP) is -0.334. The number of rotatable bonds is 7. The van der Waals surface area contributed by atoms with Crippen molar-refractivity contribution in [2.45, 2.75) is 19.3 Å². The summed E-state index contributed by atoms with van der Waals surface area (Å²) in [7, 11) is 1.55. The molecule has 0 saturated carbocycles. The van der Waals surface area contributed by atoms with Gasteiger partial charge < -0.3 is 21.0 Å². The summed E-state index contributed by atoms with van der Waals surface area (Å²) in [5.41, 5.74) is 5.24. The summed E-state index contributed by atoms with van der Waals surface area (Å²) in [6, 6.07) is 0. The van der Waals surface area contributed by atoms with Gasteiger partial charge in [-0.05, 0) is 6.42 Å². The number of hydrogen-bond acceptors (Lipinski definition) is 4. The van der Waals surface area contributed by atoms with Gasteiger partial charge in [0.2, 0.25) is 5.91 Å². The summed E-state index contributed by atoms with van der Waals surface area (Å²) >= 11 is 0. The fourth-order valence-electron chi connectivity index (χ4n) is 0.830. The van der Waals surface area contributed by atoms with E-state index in [4.69, 9.17) is 15.7 Å². The summed E-state index contributed by atoms with van der Waals surface area (Å²) in [5.74, 6) is 0.127. The topological polar surface area (TPSA) is 96.9 Å². The van der Waals surface area contributed by atoms with E-state index in [2.05, 4.69) is 10.5 Å². The molecule has 0 aliphatic heterocycles. The van der Waals surface area contributed by atoms with Crippen LogP contribution in [-0.4, -0.2) is 37.2 Å². The van der Waals surface area contributed by atoms with E-state index in [0.717, 1.165) is 0 Å². The van der Waals surface area contributed by atoms with Crippen LogP contribution in [0.25, 0.3) is 0 Å². The van der Waals surface area contributed by atoms with Crippen molar-refractivity contribution in [3.63, 3.8) is 0 Å². The van der Waals surface area contributed by atoms with Crippen LogP contribution in [-0.2, 0) is 9.53 Å². The Bertz CT molecular complexity index is 194. The first-order chi connectivity index (χ1) is 6.70. The third-order valence-electron chi connectivity index (χ3n) is 1.59.